The number of amides is 2. The van der Waals surface area contributed by atoms with Gasteiger partial charge in [0.05, 0.1) is 7.11 Å². The summed E-state index contributed by atoms with van der Waals surface area (Å²) >= 11 is 0. The van der Waals surface area contributed by atoms with E-state index in [1.54, 1.807) is 4.90 Å². The lowest BCUT2D eigenvalue weighted by Crippen LogP contribution is -2.50. The van der Waals surface area contributed by atoms with Crippen molar-refractivity contribution in [2.24, 2.45) is 0 Å². The van der Waals surface area contributed by atoms with Gasteiger partial charge in [-0.1, -0.05) is 31.2 Å². The lowest BCUT2D eigenvalue weighted by Gasteiger charge is -2.33. The number of carbonyl (C=O) groups excluding carboxylic acids is 2. The van der Waals surface area contributed by atoms with Crippen LogP contribution in [0.3, 0.4) is 0 Å². The molecule has 1 aliphatic rings. The monoisotopic (exact) mass is 304 g/mol. The average Bonchev–Trinajstić information content (AvgIpc) is 2.59. The van der Waals surface area contributed by atoms with Crippen LogP contribution in [0.4, 0.5) is 4.79 Å². The molecular formula is C17H24N2O3. The molecule has 1 fully saturated rings. The number of piperazine rings is 1. The Morgan fingerprint density at radius 2 is 1.55 bits per heavy atom. The Hall–Kier alpha value is -2.04. The molecule has 5 nitrogen and oxygen atoms in total. The predicted molar refractivity (Wildman–Crippen MR) is 84.7 cm³/mol. The van der Waals surface area contributed by atoms with Crippen molar-refractivity contribution in [3.8, 4) is 0 Å². The van der Waals surface area contributed by atoms with Crippen LogP contribution in [-0.4, -0.2) is 55.1 Å². The first-order chi connectivity index (χ1) is 10.6. The van der Waals surface area contributed by atoms with Gasteiger partial charge in [-0.05, 0) is 24.0 Å². The van der Waals surface area contributed by atoms with Gasteiger partial charge in [0.2, 0.25) is 5.91 Å². The third kappa shape index (κ3) is 4.23. The molecule has 0 radical (unpaired) electrons. The number of ether oxygens (including phenoxy) is 1. The highest BCUT2D eigenvalue weighted by Gasteiger charge is 2.24. The highest BCUT2D eigenvalue weighted by Crippen LogP contribution is 2.10. The minimum atomic E-state index is -0.317. The lowest BCUT2D eigenvalue weighted by atomic mass is 10.1. The Kier molecular flexibility index (Phi) is 5.81. The van der Waals surface area contributed by atoms with Crippen molar-refractivity contribution in [3.63, 3.8) is 0 Å². The Morgan fingerprint density at radius 1 is 1.00 bits per heavy atom. The molecule has 1 aromatic carbocycles. The van der Waals surface area contributed by atoms with Gasteiger partial charge in [0, 0.05) is 32.6 Å². The van der Waals surface area contributed by atoms with Gasteiger partial charge in [-0.25, -0.2) is 4.79 Å². The first-order valence-corrected chi connectivity index (χ1v) is 7.82. The van der Waals surface area contributed by atoms with Crippen LogP contribution in [0.25, 0.3) is 0 Å². The fraction of sp³-hybridized carbons (Fsp3) is 0.529. The van der Waals surface area contributed by atoms with E-state index in [9.17, 15) is 9.59 Å². The summed E-state index contributed by atoms with van der Waals surface area (Å²) in [7, 11) is 1.38. The summed E-state index contributed by atoms with van der Waals surface area (Å²) < 4.78 is 4.69. The highest BCUT2D eigenvalue weighted by atomic mass is 16.5. The van der Waals surface area contributed by atoms with Crippen LogP contribution in [0.15, 0.2) is 24.3 Å². The maximum Gasteiger partial charge on any atom is 0.409 e. The molecule has 2 amide bonds. The number of carbonyl (C=O) groups is 2. The first-order valence-electron chi connectivity index (χ1n) is 7.82. The van der Waals surface area contributed by atoms with Crippen molar-refractivity contribution in [2.75, 3.05) is 33.3 Å². The zero-order valence-corrected chi connectivity index (χ0v) is 13.4. The molecule has 0 saturated carbocycles. The van der Waals surface area contributed by atoms with Gasteiger partial charge in [-0.3, -0.25) is 4.79 Å². The quantitative estimate of drug-likeness (QED) is 0.856. The molecule has 0 atom stereocenters. The van der Waals surface area contributed by atoms with Crippen LogP contribution in [0.1, 0.15) is 24.5 Å². The highest BCUT2D eigenvalue weighted by molar-refractivity contribution is 5.77. The second kappa shape index (κ2) is 7.82. The summed E-state index contributed by atoms with van der Waals surface area (Å²) in [5.74, 6) is 0.157. The van der Waals surface area contributed by atoms with E-state index >= 15 is 0 Å². The second-order valence-corrected chi connectivity index (χ2v) is 5.51. The first kappa shape index (κ1) is 16.3. The van der Waals surface area contributed by atoms with Crippen molar-refractivity contribution >= 4 is 12.0 Å². The largest absolute Gasteiger partial charge is 0.453 e. The Balaban J connectivity index is 1.77. The van der Waals surface area contributed by atoms with Crippen molar-refractivity contribution in [1.29, 1.82) is 0 Å². The fourth-order valence-corrected chi connectivity index (χ4v) is 2.62. The third-order valence-electron chi connectivity index (χ3n) is 4.12. The Morgan fingerprint density at radius 3 is 2.09 bits per heavy atom. The van der Waals surface area contributed by atoms with Crippen molar-refractivity contribution < 1.29 is 14.3 Å². The number of nitrogens with zero attached hydrogens (tertiary/aromatic N) is 2. The molecule has 0 N–H and O–H groups in total. The molecule has 0 bridgehead atoms. The van der Waals surface area contributed by atoms with Gasteiger partial charge in [0.1, 0.15) is 0 Å². The molecule has 0 unspecified atom stereocenters. The lowest BCUT2D eigenvalue weighted by molar-refractivity contribution is -0.132. The minimum absolute atomic E-state index is 0.157. The van der Waals surface area contributed by atoms with Gasteiger partial charge in [-0.2, -0.15) is 0 Å². The van der Waals surface area contributed by atoms with Crippen molar-refractivity contribution in [1.82, 2.24) is 9.80 Å². The van der Waals surface area contributed by atoms with Crippen molar-refractivity contribution in [3.05, 3.63) is 35.4 Å². The molecule has 0 aromatic heterocycles. The summed E-state index contributed by atoms with van der Waals surface area (Å²) in [6, 6.07) is 8.44. The number of hydrogen-bond donors (Lipinski definition) is 0. The Labute approximate surface area is 131 Å². The molecular weight excluding hydrogens is 280 g/mol. The van der Waals surface area contributed by atoms with E-state index < -0.39 is 0 Å². The molecule has 22 heavy (non-hydrogen) atoms. The summed E-state index contributed by atoms with van der Waals surface area (Å²) in [6.45, 7) is 4.39. The topological polar surface area (TPSA) is 49.9 Å². The van der Waals surface area contributed by atoms with E-state index in [1.807, 2.05) is 4.90 Å². The van der Waals surface area contributed by atoms with E-state index in [-0.39, 0.29) is 12.0 Å². The van der Waals surface area contributed by atoms with E-state index in [0.717, 1.165) is 12.8 Å². The number of hydrogen-bond acceptors (Lipinski definition) is 3. The van der Waals surface area contributed by atoms with Crippen LogP contribution < -0.4 is 0 Å². The fourth-order valence-electron chi connectivity index (χ4n) is 2.62. The molecule has 1 saturated heterocycles. The number of aryl methyl sites for hydroxylation is 2. The Bertz CT molecular complexity index is 505. The van der Waals surface area contributed by atoms with Gasteiger partial charge in [-0.15, -0.1) is 0 Å². The van der Waals surface area contributed by atoms with E-state index in [1.165, 1.54) is 18.2 Å². The summed E-state index contributed by atoms with van der Waals surface area (Å²) in [6.07, 6.45) is 2.00. The van der Waals surface area contributed by atoms with Crippen LogP contribution in [0, 0.1) is 0 Å². The van der Waals surface area contributed by atoms with Crippen LogP contribution in [0.5, 0.6) is 0 Å². The smallest absolute Gasteiger partial charge is 0.409 e. The number of methoxy groups -OCH3 is 1. The zero-order chi connectivity index (χ0) is 15.9. The zero-order valence-electron chi connectivity index (χ0n) is 13.4. The average molecular weight is 304 g/mol. The molecule has 5 heteroatoms. The standard InChI is InChI=1S/C17H24N2O3/c1-3-14-4-6-15(7-5-14)8-9-16(20)18-10-12-19(13-11-18)17(21)22-2/h4-7H,3,8-13H2,1-2H3. The molecule has 2 rings (SSSR count). The molecule has 0 spiro atoms. The van der Waals surface area contributed by atoms with Gasteiger partial charge in [0.25, 0.3) is 0 Å². The maximum absolute atomic E-state index is 12.2. The SMILES string of the molecule is CCc1ccc(CCC(=O)N2CCN(C(=O)OC)CC2)cc1. The number of benzene rings is 1. The molecule has 120 valence electrons. The molecule has 0 aliphatic carbocycles. The normalized spacial score (nSPS) is 14.8. The maximum atomic E-state index is 12.2. The second-order valence-electron chi connectivity index (χ2n) is 5.51. The van der Waals surface area contributed by atoms with Gasteiger partial charge >= 0.3 is 6.09 Å². The minimum Gasteiger partial charge on any atom is -0.453 e. The molecule has 1 aromatic rings. The van der Waals surface area contributed by atoms with Gasteiger partial charge in [0.15, 0.2) is 0 Å². The van der Waals surface area contributed by atoms with Crippen molar-refractivity contribution in [2.45, 2.75) is 26.2 Å². The molecule has 1 aliphatic heterocycles. The van der Waals surface area contributed by atoms with Crippen LogP contribution in [0.2, 0.25) is 0 Å². The summed E-state index contributed by atoms with van der Waals surface area (Å²) in [5, 5.41) is 0. The molecule has 1 heterocycles. The summed E-state index contributed by atoms with van der Waals surface area (Å²) in [4.78, 5) is 27.1. The van der Waals surface area contributed by atoms with Crippen LogP contribution in [-0.2, 0) is 22.4 Å². The van der Waals surface area contributed by atoms with E-state index in [4.69, 9.17) is 4.74 Å². The van der Waals surface area contributed by atoms with E-state index in [0.29, 0.717) is 32.6 Å². The van der Waals surface area contributed by atoms with Crippen LogP contribution >= 0.6 is 0 Å². The number of rotatable bonds is 4. The predicted octanol–water partition coefficient (Wildman–Crippen LogP) is 2.09. The van der Waals surface area contributed by atoms with Gasteiger partial charge < -0.3 is 14.5 Å². The summed E-state index contributed by atoms with van der Waals surface area (Å²) in [5.41, 5.74) is 2.51. The third-order valence-corrected chi connectivity index (χ3v) is 4.12. The van der Waals surface area contributed by atoms with E-state index in [2.05, 4.69) is 31.2 Å².